The first kappa shape index (κ1) is 14.0. The summed E-state index contributed by atoms with van der Waals surface area (Å²) >= 11 is 6.02. The molecule has 0 radical (unpaired) electrons. The Kier molecular flexibility index (Phi) is 5.99. The molecule has 0 aromatic heterocycles. The van der Waals surface area contributed by atoms with Crippen molar-refractivity contribution < 1.29 is 4.74 Å². The summed E-state index contributed by atoms with van der Waals surface area (Å²) in [5.41, 5.74) is 1.48. The zero-order chi connectivity index (χ0) is 12.7. The van der Waals surface area contributed by atoms with Crippen molar-refractivity contribution in [1.82, 2.24) is 5.32 Å². The topological polar surface area (TPSA) is 45.0 Å². The van der Waals surface area contributed by atoms with Crippen molar-refractivity contribution >= 4 is 11.6 Å². The molecule has 92 valence electrons. The van der Waals surface area contributed by atoms with Gasteiger partial charge in [-0.3, -0.25) is 0 Å². The van der Waals surface area contributed by atoms with Gasteiger partial charge in [0.25, 0.3) is 0 Å². The number of rotatable bonds is 6. The maximum absolute atomic E-state index is 8.70. The van der Waals surface area contributed by atoms with Gasteiger partial charge in [-0.2, -0.15) is 5.26 Å². The van der Waals surface area contributed by atoms with Crippen molar-refractivity contribution in [2.45, 2.75) is 26.5 Å². The van der Waals surface area contributed by atoms with Crippen LogP contribution in [-0.4, -0.2) is 19.2 Å². The summed E-state index contributed by atoms with van der Waals surface area (Å²) in [5, 5.41) is 12.6. The SMILES string of the molecule is CC(C)NCCOCc1ccc(C#N)cc1Cl. The molecule has 0 amide bonds. The van der Waals surface area contributed by atoms with Crippen LogP contribution in [0.15, 0.2) is 18.2 Å². The molecule has 0 atom stereocenters. The number of ether oxygens (including phenoxy) is 1. The van der Waals surface area contributed by atoms with Gasteiger partial charge in [-0.15, -0.1) is 0 Å². The minimum absolute atomic E-state index is 0.470. The Morgan fingerprint density at radius 3 is 2.82 bits per heavy atom. The molecule has 0 aliphatic carbocycles. The Bertz CT molecular complexity index is 399. The summed E-state index contributed by atoms with van der Waals surface area (Å²) in [6, 6.07) is 7.75. The van der Waals surface area contributed by atoms with E-state index in [0.29, 0.717) is 29.8 Å². The molecule has 0 saturated heterocycles. The summed E-state index contributed by atoms with van der Waals surface area (Å²) in [4.78, 5) is 0. The van der Waals surface area contributed by atoms with Crippen molar-refractivity contribution in [1.29, 1.82) is 5.26 Å². The highest BCUT2D eigenvalue weighted by molar-refractivity contribution is 6.31. The zero-order valence-electron chi connectivity index (χ0n) is 10.2. The lowest BCUT2D eigenvalue weighted by atomic mass is 10.1. The highest BCUT2D eigenvalue weighted by atomic mass is 35.5. The molecule has 0 bridgehead atoms. The Balaban J connectivity index is 2.35. The molecule has 1 rings (SSSR count). The van der Waals surface area contributed by atoms with E-state index in [9.17, 15) is 0 Å². The third-order valence-corrected chi connectivity index (χ3v) is 2.59. The summed E-state index contributed by atoms with van der Waals surface area (Å²) in [6.07, 6.45) is 0. The summed E-state index contributed by atoms with van der Waals surface area (Å²) in [5.74, 6) is 0. The Labute approximate surface area is 107 Å². The van der Waals surface area contributed by atoms with E-state index in [1.165, 1.54) is 0 Å². The lowest BCUT2D eigenvalue weighted by molar-refractivity contribution is 0.121. The minimum Gasteiger partial charge on any atom is -0.375 e. The highest BCUT2D eigenvalue weighted by Crippen LogP contribution is 2.18. The largest absolute Gasteiger partial charge is 0.375 e. The van der Waals surface area contributed by atoms with Crippen LogP contribution in [0.3, 0.4) is 0 Å². The number of benzene rings is 1. The maximum atomic E-state index is 8.70. The van der Waals surface area contributed by atoms with Gasteiger partial charge in [0, 0.05) is 17.6 Å². The predicted octanol–water partition coefficient (Wildman–Crippen LogP) is 2.73. The van der Waals surface area contributed by atoms with Gasteiger partial charge in [0.05, 0.1) is 24.8 Å². The van der Waals surface area contributed by atoms with E-state index in [4.69, 9.17) is 21.6 Å². The summed E-state index contributed by atoms with van der Waals surface area (Å²) in [7, 11) is 0. The van der Waals surface area contributed by atoms with Gasteiger partial charge in [-0.05, 0) is 17.7 Å². The number of hydrogen-bond donors (Lipinski definition) is 1. The van der Waals surface area contributed by atoms with E-state index >= 15 is 0 Å². The van der Waals surface area contributed by atoms with Gasteiger partial charge < -0.3 is 10.1 Å². The molecule has 1 aromatic rings. The van der Waals surface area contributed by atoms with Crippen LogP contribution in [0.25, 0.3) is 0 Å². The molecule has 1 aromatic carbocycles. The van der Waals surface area contributed by atoms with E-state index in [1.807, 2.05) is 12.1 Å². The molecular weight excluding hydrogens is 236 g/mol. The molecule has 0 heterocycles. The second-order valence-corrected chi connectivity index (χ2v) is 4.49. The van der Waals surface area contributed by atoms with Crippen molar-refractivity contribution in [2.75, 3.05) is 13.2 Å². The molecule has 0 fully saturated rings. The van der Waals surface area contributed by atoms with E-state index in [-0.39, 0.29) is 0 Å². The van der Waals surface area contributed by atoms with Crippen LogP contribution in [0.4, 0.5) is 0 Å². The predicted molar refractivity (Wildman–Crippen MR) is 69.0 cm³/mol. The van der Waals surface area contributed by atoms with Crippen LogP contribution in [-0.2, 0) is 11.3 Å². The van der Waals surface area contributed by atoms with E-state index in [1.54, 1.807) is 12.1 Å². The van der Waals surface area contributed by atoms with Crippen LogP contribution in [0.5, 0.6) is 0 Å². The van der Waals surface area contributed by atoms with Crippen LogP contribution < -0.4 is 5.32 Å². The van der Waals surface area contributed by atoms with Gasteiger partial charge in [0.2, 0.25) is 0 Å². The van der Waals surface area contributed by atoms with Gasteiger partial charge in [-0.25, -0.2) is 0 Å². The third kappa shape index (κ3) is 5.18. The van der Waals surface area contributed by atoms with Crippen molar-refractivity contribution in [2.24, 2.45) is 0 Å². The highest BCUT2D eigenvalue weighted by Gasteiger charge is 2.02. The molecule has 0 saturated carbocycles. The van der Waals surface area contributed by atoms with E-state index in [0.717, 1.165) is 12.1 Å². The monoisotopic (exact) mass is 252 g/mol. The second-order valence-electron chi connectivity index (χ2n) is 4.08. The first-order chi connectivity index (χ1) is 8.13. The third-order valence-electron chi connectivity index (χ3n) is 2.24. The van der Waals surface area contributed by atoms with Crippen LogP contribution in [0.1, 0.15) is 25.0 Å². The normalized spacial score (nSPS) is 10.5. The van der Waals surface area contributed by atoms with Crippen molar-refractivity contribution in [3.63, 3.8) is 0 Å². The standard InChI is InChI=1S/C13H17ClN2O/c1-10(2)16-5-6-17-9-12-4-3-11(8-15)7-13(12)14/h3-4,7,10,16H,5-6,9H2,1-2H3. The fraction of sp³-hybridized carbons (Fsp3) is 0.462. The fourth-order valence-electron chi connectivity index (χ4n) is 1.34. The molecule has 1 N–H and O–H groups in total. The lowest BCUT2D eigenvalue weighted by Crippen LogP contribution is -2.26. The number of hydrogen-bond acceptors (Lipinski definition) is 3. The van der Waals surface area contributed by atoms with Gasteiger partial charge in [-0.1, -0.05) is 31.5 Å². The van der Waals surface area contributed by atoms with Crippen molar-refractivity contribution in [3.05, 3.63) is 34.3 Å². The maximum Gasteiger partial charge on any atom is 0.0992 e. The smallest absolute Gasteiger partial charge is 0.0992 e. The summed E-state index contributed by atoms with van der Waals surface area (Å²) in [6.45, 7) is 6.14. The molecule has 4 heteroatoms. The molecule has 0 aliphatic rings. The number of nitrogens with one attached hydrogen (secondary N) is 1. The molecule has 0 unspecified atom stereocenters. The van der Waals surface area contributed by atoms with Crippen LogP contribution >= 0.6 is 11.6 Å². The second kappa shape index (κ2) is 7.29. The first-order valence-corrected chi connectivity index (χ1v) is 6.01. The van der Waals surface area contributed by atoms with Gasteiger partial charge in [0.1, 0.15) is 0 Å². The molecule has 3 nitrogen and oxygen atoms in total. The van der Waals surface area contributed by atoms with E-state index in [2.05, 4.69) is 19.2 Å². The van der Waals surface area contributed by atoms with E-state index < -0.39 is 0 Å². The number of halogens is 1. The van der Waals surface area contributed by atoms with Crippen molar-refractivity contribution in [3.8, 4) is 6.07 Å². The number of nitriles is 1. The molecular formula is C13H17ClN2O. The Morgan fingerprint density at radius 1 is 1.47 bits per heavy atom. The summed E-state index contributed by atoms with van der Waals surface area (Å²) < 4.78 is 5.49. The average molecular weight is 253 g/mol. The van der Waals surface area contributed by atoms with Gasteiger partial charge in [0.15, 0.2) is 0 Å². The van der Waals surface area contributed by atoms with Crippen LogP contribution in [0, 0.1) is 11.3 Å². The fourth-order valence-corrected chi connectivity index (χ4v) is 1.57. The average Bonchev–Trinajstić information content (AvgIpc) is 2.30. The quantitative estimate of drug-likeness (QED) is 0.792. The number of nitrogens with zero attached hydrogens (tertiary/aromatic N) is 1. The molecule has 0 aliphatic heterocycles. The Hall–Kier alpha value is -1.08. The first-order valence-electron chi connectivity index (χ1n) is 5.63. The Morgan fingerprint density at radius 2 is 2.24 bits per heavy atom. The minimum atomic E-state index is 0.470. The zero-order valence-corrected chi connectivity index (χ0v) is 10.9. The molecule has 17 heavy (non-hydrogen) atoms. The molecule has 0 spiro atoms. The van der Waals surface area contributed by atoms with Crippen LogP contribution in [0.2, 0.25) is 5.02 Å². The lowest BCUT2D eigenvalue weighted by Gasteiger charge is -2.09. The van der Waals surface area contributed by atoms with Gasteiger partial charge >= 0.3 is 0 Å².